The van der Waals surface area contributed by atoms with Gasteiger partial charge in [-0.2, -0.15) is 0 Å². The highest BCUT2D eigenvalue weighted by Gasteiger charge is 2.25. The first kappa shape index (κ1) is 19.0. The van der Waals surface area contributed by atoms with Crippen molar-refractivity contribution in [2.24, 2.45) is 0 Å². The minimum absolute atomic E-state index is 0.0805. The summed E-state index contributed by atoms with van der Waals surface area (Å²) in [6.07, 6.45) is 0.815. The Morgan fingerprint density at radius 3 is 2.89 bits per heavy atom. The fourth-order valence-electron chi connectivity index (χ4n) is 2.70. The summed E-state index contributed by atoms with van der Waals surface area (Å²) in [5, 5.41) is 6.85. The standard InChI is InChI=1S/C17H20N4O5S/c1-3-25-15(23)5-4-14(22)21-7-6-11-13(9-21)27-17(18-11)19-16(24)12-8-10(2)26-20-12/h8H,3-7,9H2,1-2H3,(H,18,19,24). The van der Waals surface area contributed by atoms with E-state index in [0.717, 1.165) is 10.6 Å². The van der Waals surface area contributed by atoms with Crippen LogP contribution >= 0.6 is 11.3 Å². The second kappa shape index (κ2) is 8.30. The molecular weight excluding hydrogens is 372 g/mol. The Balaban J connectivity index is 1.57. The SMILES string of the molecule is CCOC(=O)CCC(=O)N1CCc2nc(NC(=O)c3cc(C)on3)sc2C1. The van der Waals surface area contributed by atoms with E-state index in [2.05, 4.69) is 15.5 Å². The topological polar surface area (TPSA) is 115 Å². The first-order valence-electron chi connectivity index (χ1n) is 8.63. The smallest absolute Gasteiger partial charge is 0.306 e. The Kier molecular flexibility index (Phi) is 5.84. The molecule has 10 heteroatoms. The Morgan fingerprint density at radius 2 is 2.19 bits per heavy atom. The van der Waals surface area contributed by atoms with Crippen LogP contribution < -0.4 is 5.32 Å². The number of anilines is 1. The number of hydrogen-bond donors (Lipinski definition) is 1. The van der Waals surface area contributed by atoms with Crippen LogP contribution in [0.3, 0.4) is 0 Å². The zero-order chi connectivity index (χ0) is 19.4. The lowest BCUT2D eigenvalue weighted by Crippen LogP contribution is -2.35. The van der Waals surface area contributed by atoms with Gasteiger partial charge in [0.1, 0.15) is 5.76 Å². The van der Waals surface area contributed by atoms with Gasteiger partial charge >= 0.3 is 5.97 Å². The van der Waals surface area contributed by atoms with Gasteiger partial charge in [-0.15, -0.1) is 0 Å². The van der Waals surface area contributed by atoms with E-state index in [1.807, 2.05) is 0 Å². The molecule has 9 nitrogen and oxygen atoms in total. The second-order valence-electron chi connectivity index (χ2n) is 6.04. The quantitative estimate of drug-likeness (QED) is 0.747. The number of rotatable bonds is 6. The number of fused-ring (bicyclic) bond motifs is 1. The molecule has 0 saturated heterocycles. The monoisotopic (exact) mass is 392 g/mol. The van der Waals surface area contributed by atoms with E-state index in [-0.39, 0.29) is 36.3 Å². The minimum atomic E-state index is -0.389. The Labute approximate surface area is 159 Å². The van der Waals surface area contributed by atoms with Crippen molar-refractivity contribution >= 4 is 34.3 Å². The lowest BCUT2D eigenvalue weighted by Gasteiger charge is -2.26. The molecule has 0 atom stereocenters. The minimum Gasteiger partial charge on any atom is -0.466 e. The van der Waals surface area contributed by atoms with Crippen molar-refractivity contribution in [3.05, 3.63) is 28.1 Å². The van der Waals surface area contributed by atoms with Gasteiger partial charge in [-0.25, -0.2) is 4.98 Å². The van der Waals surface area contributed by atoms with Crippen LogP contribution in [0, 0.1) is 6.92 Å². The number of hydrogen-bond acceptors (Lipinski definition) is 8. The highest BCUT2D eigenvalue weighted by molar-refractivity contribution is 7.15. The summed E-state index contributed by atoms with van der Waals surface area (Å²) in [5.74, 6) is -0.295. The van der Waals surface area contributed by atoms with E-state index in [0.29, 0.717) is 37.0 Å². The molecule has 3 rings (SSSR count). The molecule has 0 unspecified atom stereocenters. The van der Waals surface area contributed by atoms with Crippen molar-refractivity contribution in [2.75, 3.05) is 18.5 Å². The van der Waals surface area contributed by atoms with Gasteiger partial charge in [-0.3, -0.25) is 19.7 Å². The first-order valence-corrected chi connectivity index (χ1v) is 9.44. The van der Waals surface area contributed by atoms with Gasteiger partial charge in [-0.1, -0.05) is 16.5 Å². The second-order valence-corrected chi connectivity index (χ2v) is 7.12. The molecule has 1 aliphatic rings. The maximum absolute atomic E-state index is 12.3. The van der Waals surface area contributed by atoms with Crippen LogP contribution in [0.4, 0.5) is 5.13 Å². The maximum Gasteiger partial charge on any atom is 0.306 e. The molecule has 0 saturated carbocycles. The molecule has 144 valence electrons. The summed E-state index contributed by atoms with van der Waals surface area (Å²) in [4.78, 5) is 42.9. The zero-order valence-electron chi connectivity index (χ0n) is 15.1. The summed E-state index contributed by atoms with van der Waals surface area (Å²) in [5.41, 5.74) is 1.07. The van der Waals surface area contributed by atoms with Crippen LogP contribution in [0.15, 0.2) is 10.6 Å². The number of aryl methyl sites for hydroxylation is 1. The van der Waals surface area contributed by atoms with Crippen LogP contribution in [-0.4, -0.2) is 46.0 Å². The van der Waals surface area contributed by atoms with E-state index in [9.17, 15) is 14.4 Å². The van der Waals surface area contributed by atoms with Gasteiger partial charge in [0.15, 0.2) is 10.8 Å². The van der Waals surface area contributed by atoms with Crippen LogP contribution in [0.2, 0.25) is 0 Å². The number of carbonyl (C=O) groups excluding carboxylic acids is 3. The number of ether oxygens (including phenoxy) is 1. The zero-order valence-corrected chi connectivity index (χ0v) is 15.9. The lowest BCUT2D eigenvalue weighted by molar-refractivity contribution is -0.145. The molecule has 0 fully saturated rings. The summed E-state index contributed by atoms with van der Waals surface area (Å²) >= 11 is 1.33. The third-order valence-corrected chi connectivity index (χ3v) is 5.01. The van der Waals surface area contributed by atoms with Crippen molar-refractivity contribution in [2.45, 2.75) is 39.7 Å². The van der Waals surface area contributed by atoms with Crippen molar-refractivity contribution in [3.8, 4) is 0 Å². The van der Waals surface area contributed by atoms with Crippen molar-refractivity contribution in [1.29, 1.82) is 0 Å². The molecule has 0 aliphatic carbocycles. The fraction of sp³-hybridized carbons (Fsp3) is 0.471. The molecular formula is C17H20N4O5S. The van der Waals surface area contributed by atoms with Gasteiger partial charge in [0.2, 0.25) is 5.91 Å². The van der Waals surface area contributed by atoms with Gasteiger partial charge in [0.25, 0.3) is 5.91 Å². The number of nitrogens with zero attached hydrogens (tertiary/aromatic N) is 3. The van der Waals surface area contributed by atoms with E-state index in [4.69, 9.17) is 9.26 Å². The molecule has 0 aromatic carbocycles. The van der Waals surface area contributed by atoms with Gasteiger partial charge in [0.05, 0.1) is 25.3 Å². The molecule has 2 aromatic heterocycles. The van der Waals surface area contributed by atoms with Crippen LogP contribution in [0.25, 0.3) is 0 Å². The van der Waals surface area contributed by atoms with Crippen LogP contribution in [-0.2, 0) is 27.3 Å². The highest BCUT2D eigenvalue weighted by Crippen LogP contribution is 2.29. The molecule has 1 aliphatic heterocycles. The number of esters is 1. The molecule has 27 heavy (non-hydrogen) atoms. The average Bonchev–Trinajstić information content (AvgIpc) is 3.24. The number of nitrogens with one attached hydrogen (secondary N) is 1. The Morgan fingerprint density at radius 1 is 1.37 bits per heavy atom. The molecule has 0 spiro atoms. The first-order chi connectivity index (χ1) is 13.0. The largest absolute Gasteiger partial charge is 0.466 e. The van der Waals surface area contributed by atoms with E-state index in [1.54, 1.807) is 24.8 Å². The molecule has 0 bridgehead atoms. The van der Waals surface area contributed by atoms with Crippen molar-refractivity contribution in [3.63, 3.8) is 0 Å². The summed E-state index contributed by atoms with van der Waals surface area (Å²) < 4.78 is 9.74. The predicted molar refractivity (Wildman–Crippen MR) is 96.3 cm³/mol. The van der Waals surface area contributed by atoms with Crippen LogP contribution in [0.1, 0.15) is 46.6 Å². The van der Waals surface area contributed by atoms with Gasteiger partial charge in [-0.05, 0) is 13.8 Å². The molecule has 2 amide bonds. The number of thiazole rings is 1. The lowest BCUT2D eigenvalue weighted by atomic mass is 10.1. The maximum atomic E-state index is 12.3. The fourth-order valence-corrected chi connectivity index (χ4v) is 3.72. The summed E-state index contributed by atoms with van der Waals surface area (Å²) in [7, 11) is 0. The van der Waals surface area contributed by atoms with E-state index in [1.165, 1.54) is 11.3 Å². The molecule has 1 N–H and O–H groups in total. The highest BCUT2D eigenvalue weighted by atomic mass is 32.1. The van der Waals surface area contributed by atoms with Crippen LogP contribution in [0.5, 0.6) is 0 Å². The molecule has 3 heterocycles. The normalized spacial score (nSPS) is 13.2. The third kappa shape index (κ3) is 4.70. The van der Waals surface area contributed by atoms with E-state index >= 15 is 0 Å². The van der Waals surface area contributed by atoms with Crippen molar-refractivity contribution < 1.29 is 23.6 Å². The van der Waals surface area contributed by atoms with Crippen molar-refractivity contribution in [1.82, 2.24) is 15.0 Å². The average molecular weight is 392 g/mol. The Bertz CT molecular complexity index is 859. The van der Waals surface area contributed by atoms with Gasteiger partial charge in [0, 0.05) is 30.3 Å². The molecule has 0 radical (unpaired) electrons. The Hall–Kier alpha value is -2.75. The third-order valence-electron chi connectivity index (χ3n) is 4.01. The van der Waals surface area contributed by atoms with Gasteiger partial charge < -0.3 is 14.2 Å². The summed E-state index contributed by atoms with van der Waals surface area (Å²) in [6, 6.07) is 1.55. The van der Waals surface area contributed by atoms with E-state index < -0.39 is 0 Å². The number of amides is 2. The number of aromatic nitrogens is 2. The number of carbonyl (C=O) groups is 3. The molecule has 2 aromatic rings. The predicted octanol–water partition coefficient (Wildman–Crippen LogP) is 1.92. The summed E-state index contributed by atoms with van der Waals surface area (Å²) in [6.45, 7) is 4.71.